The SMILES string of the molecule is COC(=O)c1sc(-n2cnc3ccc(Cl)cc32)cc1OCc1ccccc1C.Cc1ccccc1COc1cc(-n2cnc3ccc(Cl)cc32)sc1C(N)=O. The van der Waals surface area contributed by atoms with Crippen LogP contribution in [0.15, 0.2) is 110 Å². The average molecular weight is 811 g/mol. The molecular weight excluding hydrogens is 778 g/mol. The fourth-order valence-corrected chi connectivity index (χ4v) is 8.03. The molecule has 0 bridgehead atoms. The second kappa shape index (κ2) is 16.4. The van der Waals surface area contributed by atoms with Gasteiger partial charge in [-0.3, -0.25) is 13.9 Å². The molecular formula is C41H33Cl2N5O5S2. The zero-order valence-corrected chi connectivity index (χ0v) is 32.9. The highest BCUT2D eigenvalue weighted by Crippen LogP contribution is 2.36. The molecule has 8 rings (SSSR count). The first-order valence-electron chi connectivity index (χ1n) is 16.9. The number of rotatable bonds is 10. The maximum absolute atomic E-state index is 12.3. The Bertz CT molecular complexity index is 2680. The van der Waals surface area contributed by atoms with Gasteiger partial charge in [-0.25, -0.2) is 14.8 Å². The van der Waals surface area contributed by atoms with E-state index in [4.69, 9.17) is 43.1 Å². The van der Waals surface area contributed by atoms with E-state index in [0.29, 0.717) is 44.5 Å². The van der Waals surface area contributed by atoms with Crippen LogP contribution in [0.3, 0.4) is 0 Å². The lowest BCUT2D eigenvalue weighted by Gasteiger charge is -2.08. The summed E-state index contributed by atoms with van der Waals surface area (Å²) in [4.78, 5) is 33.8. The predicted octanol–water partition coefficient (Wildman–Crippen LogP) is 10.1. The summed E-state index contributed by atoms with van der Waals surface area (Å²) >= 11 is 14.8. The molecule has 4 aromatic heterocycles. The number of fused-ring (bicyclic) bond motifs is 2. The molecule has 4 aromatic carbocycles. The quantitative estimate of drug-likeness (QED) is 0.136. The van der Waals surface area contributed by atoms with Gasteiger partial charge in [0.05, 0.1) is 29.2 Å². The number of thiophene rings is 2. The van der Waals surface area contributed by atoms with E-state index in [0.717, 1.165) is 54.3 Å². The lowest BCUT2D eigenvalue weighted by molar-refractivity contribution is 0.0601. The molecule has 1 amide bonds. The summed E-state index contributed by atoms with van der Waals surface area (Å²) in [5, 5.41) is 2.82. The fraction of sp³-hybridized carbons (Fsp3) is 0.122. The molecule has 0 unspecified atom stereocenters. The third-order valence-electron chi connectivity index (χ3n) is 8.75. The predicted molar refractivity (Wildman–Crippen MR) is 219 cm³/mol. The van der Waals surface area contributed by atoms with Crippen molar-refractivity contribution in [1.29, 1.82) is 0 Å². The van der Waals surface area contributed by atoms with Crippen LogP contribution in [0.2, 0.25) is 10.0 Å². The van der Waals surface area contributed by atoms with Crippen LogP contribution in [0.4, 0.5) is 0 Å². The number of methoxy groups -OCH3 is 1. The summed E-state index contributed by atoms with van der Waals surface area (Å²) in [7, 11) is 1.36. The maximum Gasteiger partial charge on any atom is 0.351 e. The summed E-state index contributed by atoms with van der Waals surface area (Å²) in [6.45, 7) is 4.78. The van der Waals surface area contributed by atoms with Gasteiger partial charge in [-0.2, -0.15) is 0 Å². The summed E-state index contributed by atoms with van der Waals surface area (Å²) in [6, 6.07) is 30.6. The number of ether oxygens (including phenoxy) is 3. The Morgan fingerprint density at radius 1 is 0.673 bits per heavy atom. The number of amides is 1. The minimum Gasteiger partial charge on any atom is -0.487 e. The topological polar surface area (TPSA) is 123 Å². The Labute approximate surface area is 334 Å². The van der Waals surface area contributed by atoms with Crippen molar-refractivity contribution in [3.63, 3.8) is 0 Å². The summed E-state index contributed by atoms with van der Waals surface area (Å²) in [6.07, 6.45) is 3.40. The lowest BCUT2D eigenvalue weighted by atomic mass is 10.1. The van der Waals surface area contributed by atoms with Crippen LogP contribution in [0, 0.1) is 13.8 Å². The number of hydrogen-bond donors (Lipinski definition) is 1. The van der Waals surface area contributed by atoms with E-state index < -0.39 is 11.9 Å². The van der Waals surface area contributed by atoms with Crippen molar-refractivity contribution in [1.82, 2.24) is 19.1 Å². The monoisotopic (exact) mass is 809 g/mol. The van der Waals surface area contributed by atoms with E-state index in [-0.39, 0.29) is 0 Å². The van der Waals surface area contributed by atoms with Crippen molar-refractivity contribution >= 4 is 79.8 Å². The first kappa shape index (κ1) is 37.6. The van der Waals surface area contributed by atoms with Crippen LogP contribution in [-0.4, -0.2) is 38.1 Å². The van der Waals surface area contributed by atoms with Crippen molar-refractivity contribution in [2.45, 2.75) is 27.1 Å². The molecule has 8 aromatic rings. The van der Waals surface area contributed by atoms with Gasteiger partial charge in [0.1, 0.15) is 52.2 Å². The Kier molecular flexibility index (Phi) is 11.2. The number of aromatic nitrogens is 4. The fourth-order valence-electron chi connectivity index (χ4n) is 5.75. The van der Waals surface area contributed by atoms with Crippen LogP contribution in [0.5, 0.6) is 11.5 Å². The number of aryl methyl sites for hydroxylation is 2. The van der Waals surface area contributed by atoms with E-state index in [9.17, 15) is 9.59 Å². The zero-order valence-electron chi connectivity index (χ0n) is 29.8. The molecule has 10 nitrogen and oxygen atoms in total. The second-order valence-electron chi connectivity index (χ2n) is 12.3. The van der Waals surface area contributed by atoms with Crippen molar-refractivity contribution in [2.24, 2.45) is 5.73 Å². The van der Waals surface area contributed by atoms with Crippen molar-refractivity contribution in [2.75, 3.05) is 7.11 Å². The lowest BCUT2D eigenvalue weighted by Crippen LogP contribution is -2.10. The Hall–Kier alpha value is -5.66. The van der Waals surface area contributed by atoms with Gasteiger partial charge in [0.25, 0.3) is 5.91 Å². The van der Waals surface area contributed by atoms with E-state index in [1.165, 1.54) is 29.8 Å². The van der Waals surface area contributed by atoms with Gasteiger partial charge in [-0.05, 0) is 72.5 Å². The summed E-state index contributed by atoms with van der Waals surface area (Å²) < 4.78 is 20.6. The number of imidazole rings is 2. The first-order chi connectivity index (χ1) is 26.6. The molecule has 14 heteroatoms. The molecule has 55 heavy (non-hydrogen) atoms. The third-order valence-corrected chi connectivity index (χ3v) is 11.4. The molecule has 0 spiro atoms. The molecule has 0 atom stereocenters. The zero-order chi connectivity index (χ0) is 38.6. The highest BCUT2D eigenvalue weighted by atomic mass is 35.5. The van der Waals surface area contributed by atoms with Crippen LogP contribution >= 0.6 is 45.9 Å². The third kappa shape index (κ3) is 8.23. The minimum absolute atomic E-state index is 0.361. The van der Waals surface area contributed by atoms with Gasteiger partial charge >= 0.3 is 5.97 Å². The highest BCUT2D eigenvalue weighted by Gasteiger charge is 2.21. The Balaban J connectivity index is 0.000000169. The van der Waals surface area contributed by atoms with E-state index >= 15 is 0 Å². The standard InChI is InChI=1S/C21H17ClN2O3S.C20H16ClN3O2S/c1-13-5-3-4-6-14(13)11-27-18-10-19(28-20(18)21(25)26-2)24-12-23-16-8-7-15(22)9-17(16)24;1-12-4-2-3-5-13(12)10-26-17-9-18(27-19(17)20(22)25)24-11-23-15-7-6-14(21)8-16(15)24/h3-10,12H,11H2,1-2H3;2-9,11H,10H2,1H3,(H2,22,25). The number of carbonyl (C=O) groups excluding carboxylic acids is 2. The number of nitrogens with two attached hydrogens (primary N) is 1. The molecule has 2 N–H and O–H groups in total. The molecule has 0 fully saturated rings. The molecule has 0 aliphatic carbocycles. The molecule has 0 aliphatic rings. The average Bonchev–Trinajstić information content (AvgIpc) is 3.98. The number of carbonyl (C=O) groups is 2. The van der Waals surface area contributed by atoms with Crippen LogP contribution in [0.1, 0.15) is 41.6 Å². The molecule has 0 aliphatic heterocycles. The van der Waals surface area contributed by atoms with Gasteiger partial charge in [0.2, 0.25) is 0 Å². The van der Waals surface area contributed by atoms with Crippen LogP contribution in [-0.2, 0) is 18.0 Å². The second-order valence-corrected chi connectivity index (χ2v) is 15.3. The molecule has 0 saturated carbocycles. The van der Waals surface area contributed by atoms with Gasteiger partial charge in [-0.15, -0.1) is 22.7 Å². The van der Waals surface area contributed by atoms with Gasteiger partial charge in [0.15, 0.2) is 4.88 Å². The number of benzene rings is 4. The van der Waals surface area contributed by atoms with E-state index in [2.05, 4.69) is 9.97 Å². The highest BCUT2D eigenvalue weighted by molar-refractivity contribution is 7.17. The maximum atomic E-state index is 12.3. The molecule has 278 valence electrons. The number of halogens is 2. The largest absolute Gasteiger partial charge is 0.487 e. The normalized spacial score (nSPS) is 11.0. The van der Waals surface area contributed by atoms with Gasteiger partial charge in [-0.1, -0.05) is 71.7 Å². The Morgan fingerprint density at radius 2 is 1.13 bits per heavy atom. The smallest absolute Gasteiger partial charge is 0.351 e. The van der Waals surface area contributed by atoms with Crippen molar-refractivity contribution in [3.8, 4) is 21.5 Å². The van der Waals surface area contributed by atoms with Crippen molar-refractivity contribution in [3.05, 3.63) is 152 Å². The summed E-state index contributed by atoms with van der Waals surface area (Å²) in [5.74, 6) is 0.000543. The molecule has 4 heterocycles. The number of hydrogen-bond acceptors (Lipinski definition) is 9. The number of esters is 1. The Morgan fingerprint density at radius 3 is 1.58 bits per heavy atom. The number of primary amides is 1. The van der Waals surface area contributed by atoms with Gasteiger partial charge in [0, 0.05) is 22.2 Å². The van der Waals surface area contributed by atoms with E-state index in [1.807, 2.05) is 108 Å². The molecule has 0 saturated heterocycles. The first-order valence-corrected chi connectivity index (χ1v) is 19.2. The van der Waals surface area contributed by atoms with Crippen molar-refractivity contribution < 1.29 is 23.8 Å². The van der Waals surface area contributed by atoms with Crippen LogP contribution in [0.25, 0.3) is 32.1 Å². The number of nitrogens with zero attached hydrogens (tertiary/aromatic N) is 4. The minimum atomic E-state index is -0.520. The summed E-state index contributed by atoms with van der Waals surface area (Å²) in [5.41, 5.74) is 13.3. The van der Waals surface area contributed by atoms with Gasteiger partial charge < -0.3 is 19.9 Å². The van der Waals surface area contributed by atoms with Crippen LogP contribution < -0.4 is 15.2 Å². The van der Waals surface area contributed by atoms with E-state index in [1.54, 1.807) is 24.8 Å². The molecule has 0 radical (unpaired) electrons.